The number of nitrogens with zero attached hydrogens (tertiary/aromatic N) is 1. The first-order valence-corrected chi connectivity index (χ1v) is 6.68. The Bertz CT molecular complexity index is 555. The van der Waals surface area contributed by atoms with Crippen molar-refractivity contribution in [2.24, 2.45) is 0 Å². The van der Waals surface area contributed by atoms with Crippen LogP contribution in [-0.2, 0) is 0 Å². The predicted octanol–water partition coefficient (Wildman–Crippen LogP) is 4.47. The molecule has 0 aliphatic heterocycles. The summed E-state index contributed by atoms with van der Waals surface area (Å²) in [6.07, 6.45) is 0. The summed E-state index contributed by atoms with van der Waals surface area (Å²) in [5.41, 5.74) is 1.65. The van der Waals surface area contributed by atoms with Gasteiger partial charge >= 0.3 is 0 Å². The molecule has 2 aromatic rings. The highest BCUT2D eigenvalue weighted by atomic mass is 32.1. The number of hydrogen-bond donors (Lipinski definition) is 1. The SMILES string of the molecule is Cc1sc(NC(C)(C)C)nc1-c1cccc(F)c1. The molecule has 0 aliphatic carbocycles. The van der Waals surface area contributed by atoms with Crippen LogP contribution < -0.4 is 5.32 Å². The molecule has 0 atom stereocenters. The van der Waals surface area contributed by atoms with Gasteiger partial charge in [0.25, 0.3) is 0 Å². The summed E-state index contributed by atoms with van der Waals surface area (Å²) in [6, 6.07) is 6.55. The molecule has 1 aromatic carbocycles. The van der Waals surface area contributed by atoms with Gasteiger partial charge in [0.05, 0.1) is 5.69 Å². The molecule has 0 fully saturated rings. The Labute approximate surface area is 111 Å². The molecule has 1 N–H and O–H groups in total. The minimum atomic E-state index is -0.231. The van der Waals surface area contributed by atoms with Crippen LogP contribution in [0.25, 0.3) is 11.3 Å². The first-order valence-electron chi connectivity index (χ1n) is 5.87. The van der Waals surface area contributed by atoms with Gasteiger partial charge in [-0.05, 0) is 39.8 Å². The van der Waals surface area contributed by atoms with Crippen LogP contribution in [-0.4, -0.2) is 10.5 Å². The molecule has 1 aromatic heterocycles. The normalized spacial score (nSPS) is 11.6. The number of nitrogens with one attached hydrogen (secondary N) is 1. The van der Waals surface area contributed by atoms with Crippen molar-refractivity contribution in [2.45, 2.75) is 33.2 Å². The van der Waals surface area contributed by atoms with Crippen LogP contribution in [0, 0.1) is 12.7 Å². The maximum absolute atomic E-state index is 13.2. The molecule has 0 bridgehead atoms. The molecule has 96 valence electrons. The van der Waals surface area contributed by atoms with E-state index in [1.165, 1.54) is 12.1 Å². The Morgan fingerprint density at radius 3 is 2.61 bits per heavy atom. The summed E-state index contributed by atoms with van der Waals surface area (Å²) in [7, 11) is 0. The summed E-state index contributed by atoms with van der Waals surface area (Å²) in [5.74, 6) is -0.231. The van der Waals surface area contributed by atoms with Gasteiger partial charge in [-0.2, -0.15) is 0 Å². The maximum atomic E-state index is 13.2. The van der Waals surface area contributed by atoms with Crippen LogP contribution >= 0.6 is 11.3 Å². The van der Waals surface area contributed by atoms with E-state index in [0.29, 0.717) is 0 Å². The van der Waals surface area contributed by atoms with E-state index < -0.39 is 0 Å². The van der Waals surface area contributed by atoms with Gasteiger partial charge in [0.1, 0.15) is 5.82 Å². The van der Waals surface area contributed by atoms with Crippen LogP contribution in [0.1, 0.15) is 25.6 Å². The largest absolute Gasteiger partial charge is 0.357 e. The van der Waals surface area contributed by atoms with E-state index in [9.17, 15) is 4.39 Å². The van der Waals surface area contributed by atoms with Crippen molar-refractivity contribution in [1.29, 1.82) is 0 Å². The highest BCUT2D eigenvalue weighted by Crippen LogP contribution is 2.31. The zero-order valence-electron chi connectivity index (χ0n) is 11.0. The lowest BCUT2D eigenvalue weighted by molar-refractivity contribution is 0.628. The standard InChI is InChI=1S/C14H17FN2S/c1-9-12(10-6-5-7-11(15)8-10)16-13(18-9)17-14(2,3)4/h5-8H,1-4H3,(H,16,17). The van der Waals surface area contributed by atoms with Gasteiger partial charge in [-0.1, -0.05) is 12.1 Å². The topological polar surface area (TPSA) is 24.9 Å². The molecule has 0 aliphatic rings. The van der Waals surface area contributed by atoms with Crippen LogP contribution in [0.3, 0.4) is 0 Å². The van der Waals surface area contributed by atoms with E-state index in [1.54, 1.807) is 17.4 Å². The average molecular weight is 264 g/mol. The second kappa shape index (κ2) is 4.69. The van der Waals surface area contributed by atoms with E-state index in [1.807, 2.05) is 13.0 Å². The van der Waals surface area contributed by atoms with Crippen molar-refractivity contribution >= 4 is 16.5 Å². The van der Waals surface area contributed by atoms with Crippen LogP contribution in [0.15, 0.2) is 24.3 Å². The lowest BCUT2D eigenvalue weighted by atomic mass is 10.1. The second-order valence-corrected chi connectivity index (χ2v) is 6.51. The number of aryl methyl sites for hydroxylation is 1. The van der Waals surface area contributed by atoms with E-state index in [0.717, 1.165) is 21.3 Å². The number of hydrogen-bond acceptors (Lipinski definition) is 3. The van der Waals surface area contributed by atoms with Gasteiger partial charge in [-0.25, -0.2) is 9.37 Å². The molecule has 0 saturated carbocycles. The van der Waals surface area contributed by atoms with Gasteiger partial charge in [0.2, 0.25) is 0 Å². The Morgan fingerprint density at radius 1 is 1.28 bits per heavy atom. The van der Waals surface area contributed by atoms with Gasteiger partial charge in [0, 0.05) is 16.0 Å². The van der Waals surface area contributed by atoms with Crippen molar-refractivity contribution in [3.8, 4) is 11.3 Å². The van der Waals surface area contributed by atoms with E-state index >= 15 is 0 Å². The Hall–Kier alpha value is -1.42. The Morgan fingerprint density at radius 2 is 2.00 bits per heavy atom. The third-order valence-electron chi connectivity index (χ3n) is 2.38. The summed E-state index contributed by atoms with van der Waals surface area (Å²) in [4.78, 5) is 5.64. The molecule has 2 nitrogen and oxygen atoms in total. The first kappa shape index (κ1) is 13.0. The first-order chi connectivity index (χ1) is 8.35. The van der Waals surface area contributed by atoms with Gasteiger partial charge in [0.15, 0.2) is 5.13 Å². The van der Waals surface area contributed by atoms with Crippen LogP contribution in [0.5, 0.6) is 0 Å². The molecule has 18 heavy (non-hydrogen) atoms. The molecule has 0 saturated heterocycles. The Kier molecular flexibility index (Phi) is 3.39. The van der Waals surface area contributed by atoms with Gasteiger partial charge in [-0.15, -0.1) is 11.3 Å². The molecule has 1 heterocycles. The fraction of sp³-hybridized carbons (Fsp3) is 0.357. The Balaban J connectivity index is 2.35. The molecule has 0 spiro atoms. The number of benzene rings is 1. The fourth-order valence-corrected chi connectivity index (χ4v) is 2.72. The number of rotatable bonds is 2. The fourth-order valence-electron chi connectivity index (χ4n) is 1.67. The lowest BCUT2D eigenvalue weighted by Crippen LogP contribution is -2.25. The molecule has 2 rings (SSSR count). The number of aromatic nitrogens is 1. The number of thiazole rings is 1. The van der Waals surface area contributed by atoms with Crippen molar-refractivity contribution < 1.29 is 4.39 Å². The van der Waals surface area contributed by atoms with E-state index in [4.69, 9.17) is 0 Å². The van der Waals surface area contributed by atoms with Crippen molar-refractivity contribution in [1.82, 2.24) is 4.98 Å². The monoisotopic (exact) mass is 264 g/mol. The molecule has 0 amide bonds. The molecule has 4 heteroatoms. The highest BCUT2D eigenvalue weighted by Gasteiger charge is 2.15. The second-order valence-electron chi connectivity index (χ2n) is 5.31. The molecular formula is C14H17FN2S. The van der Waals surface area contributed by atoms with E-state index in [-0.39, 0.29) is 11.4 Å². The minimum Gasteiger partial charge on any atom is -0.357 e. The molecular weight excluding hydrogens is 247 g/mol. The zero-order chi connectivity index (χ0) is 13.3. The third kappa shape index (κ3) is 3.07. The zero-order valence-corrected chi connectivity index (χ0v) is 11.9. The van der Waals surface area contributed by atoms with E-state index in [2.05, 4.69) is 31.1 Å². The summed E-state index contributed by atoms with van der Waals surface area (Å²) >= 11 is 1.60. The summed E-state index contributed by atoms with van der Waals surface area (Å²) < 4.78 is 13.2. The van der Waals surface area contributed by atoms with Crippen molar-refractivity contribution in [3.05, 3.63) is 35.0 Å². The predicted molar refractivity (Wildman–Crippen MR) is 75.6 cm³/mol. The summed E-state index contributed by atoms with van der Waals surface area (Å²) in [6.45, 7) is 8.27. The van der Waals surface area contributed by atoms with Crippen LogP contribution in [0.2, 0.25) is 0 Å². The number of halogens is 1. The van der Waals surface area contributed by atoms with Crippen molar-refractivity contribution in [2.75, 3.05) is 5.32 Å². The smallest absolute Gasteiger partial charge is 0.183 e. The van der Waals surface area contributed by atoms with Crippen LogP contribution in [0.4, 0.5) is 9.52 Å². The maximum Gasteiger partial charge on any atom is 0.183 e. The van der Waals surface area contributed by atoms with Gasteiger partial charge < -0.3 is 5.32 Å². The lowest BCUT2D eigenvalue weighted by Gasteiger charge is -2.19. The average Bonchev–Trinajstić information content (AvgIpc) is 2.56. The van der Waals surface area contributed by atoms with Gasteiger partial charge in [-0.3, -0.25) is 0 Å². The summed E-state index contributed by atoms with van der Waals surface area (Å²) in [5, 5.41) is 4.21. The minimum absolute atomic E-state index is 0.0243. The third-order valence-corrected chi connectivity index (χ3v) is 3.26. The highest BCUT2D eigenvalue weighted by molar-refractivity contribution is 7.16. The molecule has 0 unspecified atom stereocenters. The number of anilines is 1. The quantitative estimate of drug-likeness (QED) is 0.865. The van der Waals surface area contributed by atoms with Crippen molar-refractivity contribution in [3.63, 3.8) is 0 Å². The molecule has 0 radical (unpaired) electrons.